The SMILES string of the molecule is O=C(O)C1CCc2ccc(Oc3ccccc3-c3cccc([N+](=O)[O-])c3)cc2C1. The molecule has 3 aromatic carbocycles. The summed E-state index contributed by atoms with van der Waals surface area (Å²) in [6, 6.07) is 19.6. The molecule has 0 fully saturated rings. The van der Waals surface area contributed by atoms with Gasteiger partial charge in [-0.3, -0.25) is 14.9 Å². The number of carboxylic acid groups (broad SMARTS) is 1. The average molecular weight is 389 g/mol. The van der Waals surface area contributed by atoms with Crippen LogP contribution >= 0.6 is 0 Å². The van der Waals surface area contributed by atoms with Crippen molar-refractivity contribution in [1.29, 1.82) is 0 Å². The van der Waals surface area contributed by atoms with Crippen LogP contribution in [-0.2, 0) is 17.6 Å². The first kappa shape index (κ1) is 18.7. The Morgan fingerprint density at radius 3 is 2.66 bits per heavy atom. The van der Waals surface area contributed by atoms with Gasteiger partial charge in [0.25, 0.3) is 5.69 Å². The number of rotatable bonds is 5. The first-order valence-corrected chi connectivity index (χ1v) is 9.37. The highest BCUT2D eigenvalue weighted by Crippen LogP contribution is 2.36. The van der Waals surface area contributed by atoms with Crippen molar-refractivity contribution < 1.29 is 19.6 Å². The summed E-state index contributed by atoms with van der Waals surface area (Å²) < 4.78 is 6.11. The largest absolute Gasteiger partial charge is 0.481 e. The van der Waals surface area contributed by atoms with Crippen molar-refractivity contribution in [3.8, 4) is 22.6 Å². The van der Waals surface area contributed by atoms with Crippen molar-refractivity contribution >= 4 is 11.7 Å². The minimum atomic E-state index is -0.766. The molecule has 1 unspecified atom stereocenters. The first-order valence-electron chi connectivity index (χ1n) is 9.37. The molecule has 1 aliphatic carbocycles. The fourth-order valence-electron chi connectivity index (χ4n) is 3.72. The van der Waals surface area contributed by atoms with Gasteiger partial charge in [0, 0.05) is 17.7 Å². The Hall–Kier alpha value is -3.67. The molecule has 0 radical (unpaired) electrons. The Labute approximate surface area is 167 Å². The van der Waals surface area contributed by atoms with Gasteiger partial charge in [0.15, 0.2) is 0 Å². The van der Waals surface area contributed by atoms with E-state index in [1.54, 1.807) is 12.1 Å². The molecular weight excluding hydrogens is 370 g/mol. The van der Waals surface area contributed by atoms with Crippen LogP contribution < -0.4 is 4.74 Å². The Morgan fingerprint density at radius 1 is 1.03 bits per heavy atom. The van der Waals surface area contributed by atoms with Crippen LogP contribution in [0.5, 0.6) is 11.5 Å². The number of ether oxygens (including phenoxy) is 1. The molecule has 0 spiro atoms. The lowest BCUT2D eigenvalue weighted by atomic mass is 9.84. The molecule has 0 aromatic heterocycles. The van der Waals surface area contributed by atoms with Crippen molar-refractivity contribution in [2.45, 2.75) is 19.3 Å². The number of non-ortho nitro benzene ring substituents is 1. The number of carbonyl (C=O) groups is 1. The zero-order valence-electron chi connectivity index (χ0n) is 15.6. The van der Waals surface area contributed by atoms with E-state index in [0.717, 1.165) is 23.1 Å². The highest BCUT2D eigenvalue weighted by atomic mass is 16.6. The molecule has 0 saturated heterocycles. The fourth-order valence-corrected chi connectivity index (χ4v) is 3.72. The van der Waals surface area contributed by atoms with Crippen molar-refractivity contribution in [2.24, 2.45) is 5.92 Å². The Bertz CT molecular complexity index is 1090. The van der Waals surface area contributed by atoms with Crippen LogP contribution in [0.4, 0.5) is 5.69 Å². The predicted octanol–water partition coefficient (Wildman–Crippen LogP) is 5.24. The summed E-state index contributed by atoms with van der Waals surface area (Å²) in [4.78, 5) is 22.0. The van der Waals surface area contributed by atoms with E-state index in [-0.39, 0.29) is 11.6 Å². The highest BCUT2D eigenvalue weighted by molar-refractivity contribution is 5.73. The number of aryl methyl sites for hydroxylation is 1. The van der Waals surface area contributed by atoms with Gasteiger partial charge in [-0.1, -0.05) is 36.4 Å². The van der Waals surface area contributed by atoms with Gasteiger partial charge in [-0.15, -0.1) is 0 Å². The van der Waals surface area contributed by atoms with E-state index in [4.69, 9.17) is 4.74 Å². The third kappa shape index (κ3) is 3.96. The molecule has 1 N–H and O–H groups in total. The second kappa shape index (κ2) is 7.75. The average Bonchev–Trinajstić information content (AvgIpc) is 2.73. The molecule has 0 amide bonds. The summed E-state index contributed by atoms with van der Waals surface area (Å²) in [7, 11) is 0. The smallest absolute Gasteiger partial charge is 0.306 e. The van der Waals surface area contributed by atoms with E-state index in [1.807, 2.05) is 42.5 Å². The van der Waals surface area contributed by atoms with Gasteiger partial charge >= 0.3 is 5.97 Å². The summed E-state index contributed by atoms with van der Waals surface area (Å²) in [6.07, 6.45) is 1.89. The second-order valence-corrected chi connectivity index (χ2v) is 7.11. The van der Waals surface area contributed by atoms with Crippen molar-refractivity contribution in [1.82, 2.24) is 0 Å². The van der Waals surface area contributed by atoms with Gasteiger partial charge in [-0.05, 0) is 54.2 Å². The van der Waals surface area contributed by atoms with E-state index < -0.39 is 10.9 Å². The maximum absolute atomic E-state index is 11.3. The van der Waals surface area contributed by atoms with E-state index in [2.05, 4.69) is 0 Å². The first-order chi connectivity index (χ1) is 14.0. The molecule has 0 bridgehead atoms. The zero-order valence-corrected chi connectivity index (χ0v) is 15.6. The number of nitro groups is 1. The van der Waals surface area contributed by atoms with E-state index in [0.29, 0.717) is 29.9 Å². The standard InChI is InChI=1S/C23H19NO5/c25-23(26)17-9-8-15-10-11-20(14-18(15)12-17)29-22-7-2-1-6-21(22)16-4-3-5-19(13-16)24(27)28/h1-7,10-11,13-14,17H,8-9,12H2,(H,25,26). The molecule has 6 nitrogen and oxygen atoms in total. The van der Waals surface area contributed by atoms with E-state index in [9.17, 15) is 20.0 Å². The number of nitro benzene ring substituents is 1. The van der Waals surface area contributed by atoms with Gasteiger partial charge in [0.2, 0.25) is 0 Å². The Morgan fingerprint density at radius 2 is 1.86 bits per heavy atom. The van der Waals surface area contributed by atoms with Gasteiger partial charge < -0.3 is 9.84 Å². The van der Waals surface area contributed by atoms with Crippen LogP contribution in [0.15, 0.2) is 66.7 Å². The number of fused-ring (bicyclic) bond motifs is 1. The number of nitrogens with zero attached hydrogens (tertiary/aromatic N) is 1. The van der Waals surface area contributed by atoms with Crippen LogP contribution in [0.2, 0.25) is 0 Å². The minimum Gasteiger partial charge on any atom is -0.481 e. The lowest BCUT2D eigenvalue weighted by Gasteiger charge is -2.22. The summed E-state index contributed by atoms with van der Waals surface area (Å²) in [5.41, 5.74) is 3.61. The minimum absolute atomic E-state index is 0.0193. The maximum Gasteiger partial charge on any atom is 0.306 e. The number of hydrogen-bond acceptors (Lipinski definition) is 4. The van der Waals surface area contributed by atoms with Gasteiger partial charge in [-0.25, -0.2) is 0 Å². The lowest BCUT2D eigenvalue weighted by Crippen LogP contribution is -2.22. The quantitative estimate of drug-likeness (QED) is 0.476. The zero-order chi connectivity index (χ0) is 20.4. The molecule has 1 atom stereocenters. The topological polar surface area (TPSA) is 89.7 Å². The van der Waals surface area contributed by atoms with Gasteiger partial charge in [-0.2, -0.15) is 0 Å². The van der Waals surface area contributed by atoms with Gasteiger partial charge in [0.05, 0.1) is 10.8 Å². The van der Waals surface area contributed by atoms with Crippen molar-refractivity contribution in [2.75, 3.05) is 0 Å². The summed E-state index contributed by atoms with van der Waals surface area (Å²) in [5, 5.41) is 20.4. The molecular formula is C23H19NO5. The van der Waals surface area contributed by atoms with Crippen LogP contribution in [0, 0.1) is 16.0 Å². The third-order valence-electron chi connectivity index (χ3n) is 5.24. The van der Waals surface area contributed by atoms with E-state index >= 15 is 0 Å². The summed E-state index contributed by atoms with van der Waals surface area (Å²) in [5.74, 6) is 0.0686. The normalized spacial score (nSPS) is 15.4. The highest BCUT2D eigenvalue weighted by Gasteiger charge is 2.24. The number of benzene rings is 3. The molecule has 29 heavy (non-hydrogen) atoms. The summed E-state index contributed by atoms with van der Waals surface area (Å²) >= 11 is 0. The molecule has 0 aliphatic heterocycles. The van der Waals surface area contributed by atoms with Crippen molar-refractivity contribution in [3.63, 3.8) is 0 Å². The lowest BCUT2D eigenvalue weighted by molar-refractivity contribution is -0.384. The molecule has 146 valence electrons. The molecule has 4 rings (SSSR count). The predicted molar refractivity (Wildman–Crippen MR) is 108 cm³/mol. The van der Waals surface area contributed by atoms with Gasteiger partial charge in [0.1, 0.15) is 11.5 Å². The van der Waals surface area contributed by atoms with Crippen LogP contribution in [0.1, 0.15) is 17.5 Å². The number of carboxylic acids is 1. The number of para-hydroxylation sites is 1. The van der Waals surface area contributed by atoms with Crippen LogP contribution in [-0.4, -0.2) is 16.0 Å². The maximum atomic E-state index is 11.3. The van der Waals surface area contributed by atoms with E-state index in [1.165, 1.54) is 12.1 Å². The second-order valence-electron chi connectivity index (χ2n) is 7.11. The third-order valence-corrected chi connectivity index (χ3v) is 5.24. The Kier molecular flexibility index (Phi) is 4.99. The number of hydrogen-bond donors (Lipinski definition) is 1. The number of aliphatic carboxylic acids is 1. The molecule has 6 heteroatoms. The Balaban J connectivity index is 1.65. The molecule has 0 heterocycles. The molecule has 1 aliphatic rings. The van der Waals surface area contributed by atoms with Crippen molar-refractivity contribution in [3.05, 3.63) is 88.0 Å². The van der Waals surface area contributed by atoms with Crippen LogP contribution in [0.25, 0.3) is 11.1 Å². The summed E-state index contributed by atoms with van der Waals surface area (Å²) in [6.45, 7) is 0. The molecule has 0 saturated carbocycles. The fraction of sp³-hybridized carbons (Fsp3) is 0.174. The van der Waals surface area contributed by atoms with Crippen LogP contribution in [0.3, 0.4) is 0 Å². The molecule has 3 aromatic rings. The monoisotopic (exact) mass is 389 g/mol.